The molecule has 0 spiro atoms. The highest BCUT2D eigenvalue weighted by molar-refractivity contribution is 7.89. The van der Waals surface area contributed by atoms with Crippen molar-refractivity contribution >= 4 is 15.9 Å². The predicted octanol–water partition coefficient (Wildman–Crippen LogP) is 1.65. The number of benzene rings is 1. The summed E-state index contributed by atoms with van der Waals surface area (Å²) in [6.45, 7) is 0.427. The van der Waals surface area contributed by atoms with Crippen LogP contribution >= 0.6 is 0 Å². The molecule has 9 heteroatoms. The van der Waals surface area contributed by atoms with Crippen molar-refractivity contribution in [3.63, 3.8) is 0 Å². The second-order valence-corrected chi connectivity index (χ2v) is 6.64. The molecule has 1 amide bonds. The van der Waals surface area contributed by atoms with Crippen LogP contribution < -0.4 is 10.0 Å². The number of rotatable bonds is 3. The molecule has 1 unspecified atom stereocenters. The maximum Gasteiger partial charge on any atom is 0.417 e. The first kappa shape index (κ1) is 16.8. The van der Waals surface area contributed by atoms with Gasteiger partial charge in [-0.2, -0.15) is 17.9 Å². The Morgan fingerprint density at radius 1 is 1.18 bits per heavy atom. The molecule has 1 heterocycles. The quantitative estimate of drug-likeness (QED) is 0.881. The standard InChI is InChI=1S/C13H15F3N2O3S/c14-13(15,16)9-5-1-2-7-11(9)22(20,21)18-10-6-3-4-8-17-12(10)19/h1-2,5,7,10,18H,3-4,6,8H2,(H,17,19). The zero-order valence-electron chi connectivity index (χ0n) is 11.5. The average Bonchev–Trinajstić information content (AvgIpc) is 2.63. The largest absolute Gasteiger partial charge is 0.417 e. The molecule has 1 aliphatic heterocycles. The number of carbonyl (C=O) groups is 1. The van der Waals surface area contributed by atoms with Gasteiger partial charge in [0.2, 0.25) is 15.9 Å². The number of hydrogen-bond acceptors (Lipinski definition) is 3. The summed E-state index contributed by atoms with van der Waals surface area (Å²) in [6.07, 6.45) is -3.24. The normalized spacial score (nSPS) is 20.3. The highest BCUT2D eigenvalue weighted by Crippen LogP contribution is 2.34. The lowest BCUT2D eigenvalue weighted by Gasteiger charge is -2.18. The highest BCUT2D eigenvalue weighted by Gasteiger charge is 2.38. The fourth-order valence-electron chi connectivity index (χ4n) is 2.24. The second kappa shape index (κ2) is 6.25. The third-order valence-electron chi connectivity index (χ3n) is 3.31. The Hall–Kier alpha value is -1.61. The van der Waals surface area contributed by atoms with Crippen molar-refractivity contribution < 1.29 is 26.4 Å². The smallest absolute Gasteiger partial charge is 0.355 e. The Morgan fingerprint density at radius 3 is 2.55 bits per heavy atom. The summed E-state index contributed by atoms with van der Waals surface area (Å²) in [5.41, 5.74) is -1.25. The van der Waals surface area contributed by atoms with E-state index in [2.05, 4.69) is 10.0 Å². The summed E-state index contributed by atoms with van der Waals surface area (Å²) >= 11 is 0. The van der Waals surface area contributed by atoms with E-state index in [1.165, 1.54) is 6.07 Å². The van der Waals surface area contributed by atoms with Gasteiger partial charge in [0.15, 0.2) is 0 Å². The third-order valence-corrected chi connectivity index (χ3v) is 4.84. The molecular weight excluding hydrogens is 321 g/mol. The van der Waals surface area contributed by atoms with Gasteiger partial charge in [0, 0.05) is 6.54 Å². The first-order valence-electron chi connectivity index (χ1n) is 6.68. The molecule has 22 heavy (non-hydrogen) atoms. The van der Waals surface area contributed by atoms with Crippen molar-refractivity contribution in [1.82, 2.24) is 10.0 Å². The Labute approximate surface area is 125 Å². The molecule has 2 rings (SSSR count). The summed E-state index contributed by atoms with van der Waals surface area (Å²) in [7, 11) is -4.45. The van der Waals surface area contributed by atoms with E-state index in [-0.39, 0.29) is 6.42 Å². The van der Waals surface area contributed by atoms with Gasteiger partial charge in [-0.3, -0.25) is 4.79 Å². The van der Waals surface area contributed by atoms with E-state index in [1.807, 2.05) is 0 Å². The fourth-order valence-corrected chi connectivity index (χ4v) is 3.70. The van der Waals surface area contributed by atoms with Crippen molar-refractivity contribution in [3.8, 4) is 0 Å². The van der Waals surface area contributed by atoms with Gasteiger partial charge < -0.3 is 5.32 Å². The molecule has 0 aromatic heterocycles. The molecule has 0 aliphatic carbocycles. The monoisotopic (exact) mass is 336 g/mol. The predicted molar refractivity (Wildman–Crippen MR) is 72.4 cm³/mol. The maximum atomic E-state index is 12.9. The third kappa shape index (κ3) is 3.77. The minimum atomic E-state index is -4.79. The summed E-state index contributed by atoms with van der Waals surface area (Å²) < 4.78 is 65.3. The van der Waals surface area contributed by atoms with Crippen LogP contribution in [0.2, 0.25) is 0 Å². The van der Waals surface area contributed by atoms with Gasteiger partial charge in [0.1, 0.15) is 6.04 Å². The average molecular weight is 336 g/mol. The molecule has 0 saturated carbocycles. The second-order valence-electron chi connectivity index (χ2n) is 4.95. The minimum absolute atomic E-state index is 0.249. The van der Waals surface area contributed by atoms with Crippen molar-refractivity contribution in [2.75, 3.05) is 6.54 Å². The number of sulfonamides is 1. The Kier molecular flexibility index (Phi) is 4.76. The molecule has 1 aromatic rings. The topological polar surface area (TPSA) is 75.3 Å². The lowest BCUT2D eigenvalue weighted by atomic mass is 10.1. The molecule has 122 valence electrons. The molecule has 1 fully saturated rings. The first-order valence-corrected chi connectivity index (χ1v) is 8.16. The number of nitrogens with one attached hydrogen (secondary N) is 2. The lowest BCUT2D eigenvalue weighted by Crippen LogP contribution is -2.45. The Balaban J connectivity index is 2.33. The van der Waals surface area contributed by atoms with Gasteiger partial charge in [-0.1, -0.05) is 12.1 Å². The first-order chi connectivity index (χ1) is 10.2. The van der Waals surface area contributed by atoms with Gasteiger partial charge in [-0.25, -0.2) is 8.42 Å². The molecule has 1 aromatic carbocycles. The summed E-state index contributed by atoms with van der Waals surface area (Å²) in [5.74, 6) is -0.523. The summed E-state index contributed by atoms with van der Waals surface area (Å²) in [4.78, 5) is 10.9. The molecule has 0 bridgehead atoms. The van der Waals surface area contributed by atoms with Crippen molar-refractivity contribution in [3.05, 3.63) is 29.8 Å². The number of halogens is 3. The van der Waals surface area contributed by atoms with E-state index in [0.717, 1.165) is 12.1 Å². The van der Waals surface area contributed by atoms with Crippen LogP contribution in [0.15, 0.2) is 29.2 Å². The van der Waals surface area contributed by atoms with Gasteiger partial charge in [-0.15, -0.1) is 0 Å². The Morgan fingerprint density at radius 2 is 1.86 bits per heavy atom. The van der Waals surface area contributed by atoms with E-state index in [0.29, 0.717) is 25.5 Å². The van der Waals surface area contributed by atoms with Gasteiger partial charge in [-0.05, 0) is 31.4 Å². The number of carbonyl (C=O) groups excluding carboxylic acids is 1. The molecule has 2 N–H and O–H groups in total. The van der Waals surface area contributed by atoms with Crippen LogP contribution in [0.25, 0.3) is 0 Å². The lowest BCUT2D eigenvalue weighted by molar-refractivity contribution is -0.139. The van der Waals surface area contributed by atoms with Crippen LogP contribution in [0.1, 0.15) is 24.8 Å². The van der Waals surface area contributed by atoms with Crippen LogP contribution in [0, 0.1) is 0 Å². The molecular formula is C13H15F3N2O3S. The number of hydrogen-bond donors (Lipinski definition) is 2. The molecule has 5 nitrogen and oxygen atoms in total. The van der Waals surface area contributed by atoms with Crippen LogP contribution in [0.3, 0.4) is 0 Å². The van der Waals surface area contributed by atoms with Gasteiger partial charge >= 0.3 is 6.18 Å². The van der Waals surface area contributed by atoms with Crippen LogP contribution in [-0.2, 0) is 21.0 Å². The van der Waals surface area contributed by atoms with Crippen LogP contribution in [-0.4, -0.2) is 26.9 Å². The van der Waals surface area contributed by atoms with E-state index < -0.39 is 38.6 Å². The van der Waals surface area contributed by atoms with E-state index in [9.17, 15) is 26.4 Å². The number of alkyl halides is 3. The SMILES string of the molecule is O=C1NCCCCC1NS(=O)(=O)c1ccccc1C(F)(F)F. The highest BCUT2D eigenvalue weighted by atomic mass is 32.2. The molecule has 1 saturated heterocycles. The molecule has 1 atom stereocenters. The van der Waals surface area contributed by atoms with E-state index in [1.54, 1.807) is 0 Å². The van der Waals surface area contributed by atoms with Crippen LogP contribution in [0.5, 0.6) is 0 Å². The fraction of sp³-hybridized carbons (Fsp3) is 0.462. The van der Waals surface area contributed by atoms with Gasteiger partial charge in [0.05, 0.1) is 10.5 Å². The zero-order valence-corrected chi connectivity index (χ0v) is 12.3. The summed E-state index contributed by atoms with van der Waals surface area (Å²) in [6, 6.07) is 2.83. The maximum absolute atomic E-state index is 12.9. The zero-order chi connectivity index (χ0) is 16.4. The van der Waals surface area contributed by atoms with Crippen molar-refractivity contribution in [1.29, 1.82) is 0 Å². The van der Waals surface area contributed by atoms with Crippen LogP contribution in [0.4, 0.5) is 13.2 Å². The van der Waals surface area contributed by atoms with Gasteiger partial charge in [0.25, 0.3) is 0 Å². The van der Waals surface area contributed by atoms with E-state index in [4.69, 9.17) is 0 Å². The van der Waals surface area contributed by atoms with Crippen molar-refractivity contribution in [2.45, 2.75) is 36.4 Å². The number of amides is 1. The molecule has 0 radical (unpaired) electrons. The minimum Gasteiger partial charge on any atom is -0.355 e. The Bertz CT molecular complexity index is 659. The summed E-state index contributed by atoms with van der Waals surface area (Å²) in [5, 5.41) is 2.53. The molecule has 1 aliphatic rings. The van der Waals surface area contributed by atoms with E-state index >= 15 is 0 Å². The van der Waals surface area contributed by atoms with Crippen molar-refractivity contribution in [2.24, 2.45) is 0 Å².